The summed E-state index contributed by atoms with van der Waals surface area (Å²) in [6, 6.07) is 59.3. The molecule has 0 N–H and O–H groups in total. The Bertz CT molecular complexity index is 3100. The van der Waals surface area contributed by atoms with Gasteiger partial charge in [0.15, 0.2) is 0 Å². The summed E-state index contributed by atoms with van der Waals surface area (Å²) < 4.78 is 2.33. The molecule has 8 aromatic carbocycles. The van der Waals surface area contributed by atoms with Crippen molar-refractivity contribution in [1.29, 1.82) is 0 Å². The quantitative estimate of drug-likeness (QED) is 0.176. The highest BCUT2D eigenvalue weighted by molar-refractivity contribution is 6.23. The van der Waals surface area contributed by atoms with E-state index >= 15 is 0 Å². The molecule has 0 atom stereocenters. The van der Waals surface area contributed by atoms with Crippen LogP contribution in [0.2, 0.25) is 0 Å². The van der Waals surface area contributed by atoms with Crippen molar-refractivity contribution in [3.8, 4) is 39.5 Å². The molecule has 11 rings (SSSR count). The Kier molecular flexibility index (Phi) is 6.01. The molecule has 52 heavy (non-hydrogen) atoms. The lowest BCUT2D eigenvalue weighted by atomic mass is 9.81. The van der Waals surface area contributed by atoms with Crippen molar-refractivity contribution in [2.75, 3.05) is 0 Å². The van der Waals surface area contributed by atoms with E-state index in [1.165, 1.54) is 49.4 Å². The van der Waals surface area contributed by atoms with Crippen LogP contribution in [0.5, 0.6) is 0 Å². The van der Waals surface area contributed by atoms with Crippen molar-refractivity contribution < 1.29 is 0 Å². The topological polar surface area (TPSA) is 30.7 Å². The van der Waals surface area contributed by atoms with E-state index in [2.05, 4.69) is 182 Å². The number of fused-ring (bicyclic) bond motifs is 11. The van der Waals surface area contributed by atoms with Gasteiger partial charge in [-0.15, -0.1) is 0 Å². The van der Waals surface area contributed by atoms with E-state index in [0.29, 0.717) is 5.95 Å². The van der Waals surface area contributed by atoms with Crippen molar-refractivity contribution in [3.05, 3.63) is 175 Å². The van der Waals surface area contributed by atoms with Crippen molar-refractivity contribution in [1.82, 2.24) is 14.5 Å². The third kappa shape index (κ3) is 4.02. The van der Waals surface area contributed by atoms with Crippen LogP contribution in [0.3, 0.4) is 0 Å². The maximum absolute atomic E-state index is 5.51. The molecule has 0 saturated carbocycles. The Labute approximate surface area is 301 Å². The average molecular weight is 664 g/mol. The summed E-state index contributed by atoms with van der Waals surface area (Å²) >= 11 is 0. The normalized spacial score (nSPS) is 13.3. The molecule has 244 valence electrons. The van der Waals surface area contributed by atoms with Crippen LogP contribution < -0.4 is 0 Å². The number of aromatic nitrogens is 3. The Morgan fingerprint density at radius 2 is 1.13 bits per heavy atom. The van der Waals surface area contributed by atoms with Crippen LogP contribution >= 0.6 is 0 Å². The van der Waals surface area contributed by atoms with E-state index in [4.69, 9.17) is 9.97 Å². The first-order valence-corrected chi connectivity index (χ1v) is 18.0. The van der Waals surface area contributed by atoms with E-state index < -0.39 is 0 Å². The summed E-state index contributed by atoms with van der Waals surface area (Å²) in [7, 11) is 0. The minimum atomic E-state index is -0.105. The minimum absolute atomic E-state index is 0.105. The number of hydrogen-bond acceptors (Lipinski definition) is 2. The first kappa shape index (κ1) is 29.2. The van der Waals surface area contributed by atoms with E-state index in [9.17, 15) is 0 Å². The zero-order valence-electron chi connectivity index (χ0n) is 28.9. The Balaban J connectivity index is 1.28. The van der Waals surface area contributed by atoms with Crippen LogP contribution in [0.1, 0.15) is 25.0 Å². The lowest BCUT2D eigenvalue weighted by Gasteiger charge is -2.22. The second-order valence-electron chi connectivity index (χ2n) is 14.6. The highest BCUT2D eigenvalue weighted by Crippen LogP contribution is 2.50. The van der Waals surface area contributed by atoms with Crippen LogP contribution in [-0.2, 0) is 5.41 Å². The standard InChI is InChI=1S/C49H33N3/c1-49(2)41-22-11-10-19-37(41)38-26-24-33(29-42(38)49)36-20-12-21-39-44-34-17-8-6-13-30(34)25-28-43(44)52(47(36)39)48-50-45(32-15-4-3-5-16-32)40-27-23-31-14-7-9-18-35(31)46(40)51-48/h3-29H,1-2H3. The van der Waals surface area contributed by atoms with E-state index in [0.717, 1.165) is 49.5 Å². The summed E-state index contributed by atoms with van der Waals surface area (Å²) in [5.74, 6) is 0.666. The van der Waals surface area contributed by atoms with Gasteiger partial charge in [-0.2, -0.15) is 0 Å². The van der Waals surface area contributed by atoms with Gasteiger partial charge in [0.2, 0.25) is 5.95 Å². The molecule has 1 aliphatic rings. The fraction of sp³-hybridized carbons (Fsp3) is 0.0612. The van der Waals surface area contributed by atoms with Gasteiger partial charge >= 0.3 is 0 Å². The van der Waals surface area contributed by atoms with Crippen LogP contribution in [0.4, 0.5) is 0 Å². The van der Waals surface area contributed by atoms with Crippen molar-refractivity contribution in [3.63, 3.8) is 0 Å². The highest BCUT2D eigenvalue weighted by Gasteiger charge is 2.35. The van der Waals surface area contributed by atoms with Gasteiger partial charge in [0.1, 0.15) is 0 Å². The number of nitrogens with zero attached hydrogens (tertiary/aromatic N) is 3. The molecular weight excluding hydrogens is 631 g/mol. The van der Waals surface area contributed by atoms with Gasteiger partial charge in [-0.3, -0.25) is 4.57 Å². The Morgan fingerprint density at radius 3 is 2.00 bits per heavy atom. The maximum atomic E-state index is 5.51. The Hall–Kier alpha value is -6.58. The molecule has 0 saturated heterocycles. The fourth-order valence-electron chi connectivity index (χ4n) is 8.92. The first-order chi connectivity index (χ1) is 25.6. The van der Waals surface area contributed by atoms with E-state index in [-0.39, 0.29) is 5.41 Å². The molecule has 0 bridgehead atoms. The zero-order valence-corrected chi connectivity index (χ0v) is 28.9. The molecule has 1 aliphatic carbocycles. The molecular formula is C49H33N3. The highest BCUT2D eigenvalue weighted by atomic mass is 15.2. The second-order valence-corrected chi connectivity index (χ2v) is 14.6. The van der Waals surface area contributed by atoms with Crippen LogP contribution in [0.15, 0.2) is 164 Å². The average Bonchev–Trinajstić information content (AvgIpc) is 3.66. The van der Waals surface area contributed by atoms with Gasteiger partial charge in [-0.25, -0.2) is 9.97 Å². The molecule has 10 aromatic rings. The van der Waals surface area contributed by atoms with Crippen LogP contribution in [-0.4, -0.2) is 14.5 Å². The predicted octanol–water partition coefficient (Wildman–Crippen LogP) is 12.7. The van der Waals surface area contributed by atoms with Gasteiger partial charge < -0.3 is 0 Å². The van der Waals surface area contributed by atoms with Crippen LogP contribution in [0, 0.1) is 0 Å². The Morgan fingerprint density at radius 1 is 0.462 bits per heavy atom. The molecule has 2 heterocycles. The van der Waals surface area contributed by atoms with Crippen molar-refractivity contribution in [2.45, 2.75) is 19.3 Å². The number of benzene rings is 8. The first-order valence-electron chi connectivity index (χ1n) is 18.0. The van der Waals surface area contributed by atoms with Crippen molar-refractivity contribution >= 4 is 54.3 Å². The molecule has 0 amide bonds. The third-order valence-electron chi connectivity index (χ3n) is 11.4. The summed E-state index contributed by atoms with van der Waals surface area (Å²) in [6.07, 6.45) is 0. The second kappa shape index (κ2) is 10.7. The number of hydrogen-bond donors (Lipinski definition) is 0. The van der Waals surface area contributed by atoms with Crippen LogP contribution in [0.25, 0.3) is 93.7 Å². The number of rotatable bonds is 3. The smallest absolute Gasteiger partial charge is 0.235 e. The molecule has 0 radical (unpaired) electrons. The third-order valence-corrected chi connectivity index (χ3v) is 11.4. The lowest BCUT2D eigenvalue weighted by Crippen LogP contribution is -2.14. The molecule has 2 aromatic heterocycles. The largest absolute Gasteiger partial charge is 0.277 e. The molecule has 0 fully saturated rings. The van der Waals surface area contributed by atoms with Gasteiger partial charge in [0.25, 0.3) is 0 Å². The molecule has 3 nitrogen and oxygen atoms in total. The summed E-state index contributed by atoms with van der Waals surface area (Å²) in [5, 5.41) is 8.16. The number of para-hydroxylation sites is 1. The molecule has 3 heteroatoms. The van der Waals surface area contributed by atoms with Gasteiger partial charge in [0, 0.05) is 38.1 Å². The molecule has 0 spiro atoms. The molecule has 0 aliphatic heterocycles. The summed E-state index contributed by atoms with van der Waals surface area (Å²) in [5.41, 5.74) is 12.8. The van der Waals surface area contributed by atoms with E-state index in [1.807, 2.05) is 0 Å². The van der Waals surface area contributed by atoms with Gasteiger partial charge in [-0.1, -0.05) is 159 Å². The lowest BCUT2D eigenvalue weighted by molar-refractivity contribution is 0.660. The predicted molar refractivity (Wildman–Crippen MR) is 217 cm³/mol. The van der Waals surface area contributed by atoms with Gasteiger partial charge in [0.05, 0.1) is 22.2 Å². The summed E-state index contributed by atoms with van der Waals surface area (Å²) in [6.45, 7) is 4.70. The SMILES string of the molecule is CC1(C)c2ccccc2-c2ccc(-c3cccc4c5c6ccccc6ccc5n(-c5nc(-c6ccccc6)c6ccc7ccccc7c6n5)c34)cc21. The summed E-state index contributed by atoms with van der Waals surface area (Å²) in [4.78, 5) is 11.0. The van der Waals surface area contributed by atoms with Crippen molar-refractivity contribution in [2.24, 2.45) is 0 Å². The zero-order chi connectivity index (χ0) is 34.6. The monoisotopic (exact) mass is 663 g/mol. The fourth-order valence-corrected chi connectivity index (χ4v) is 8.92. The molecule has 0 unspecified atom stereocenters. The minimum Gasteiger partial charge on any atom is -0.277 e. The maximum Gasteiger partial charge on any atom is 0.235 e. The van der Waals surface area contributed by atoms with E-state index in [1.54, 1.807) is 0 Å². The van der Waals surface area contributed by atoms with Gasteiger partial charge in [-0.05, 0) is 62.2 Å².